The number of furan rings is 1. The molecule has 0 fully saturated rings. The summed E-state index contributed by atoms with van der Waals surface area (Å²) < 4.78 is 10.6. The van der Waals surface area contributed by atoms with Crippen molar-refractivity contribution < 1.29 is 23.8 Å². The maximum Gasteiger partial charge on any atom is 0.338 e. The van der Waals surface area contributed by atoms with Crippen molar-refractivity contribution in [2.24, 2.45) is 5.10 Å². The van der Waals surface area contributed by atoms with E-state index >= 15 is 0 Å². The molecule has 1 aromatic carbocycles. The lowest BCUT2D eigenvalue weighted by molar-refractivity contribution is -0.136. The maximum atomic E-state index is 12.7. The largest absolute Gasteiger partial charge is 0.508 e. The van der Waals surface area contributed by atoms with Gasteiger partial charge in [0.05, 0.1) is 22.4 Å². The first kappa shape index (κ1) is 18.0. The number of hydrazone groups is 1. The number of phenols is 1. The number of amides is 1. The Morgan fingerprint density at radius 2 is 2.04 bits per heavy atom. The van der Waals surface area contributed by atoms with Crippen LogP contribution in [0.5, 0.6) is 5.75 Å². The number of hydrogen-bond acceptors (Lipinski definition) is 7. The molecule has 1 unspecified atom stereocenters. The van der Waals surface area contributed by atoms with Crippen LogP contribution in [0.25, 0.3) is 0 Å². The normalized spacial score (nSPS) is 16.1. The van der Waals surface area contributed by atoms with E-state index < -0.39 is 18.5 Å². The van der Waals surface area contributed by atoms with E-state index in [1.807, 2.05) is 17.5 Å². The van der Waals surface area contributed by atoms with Crippen LogP contribution in [0.1, 0.15) is 33.5 Å². The van der Waals surface area contributed by atoms with Gasteiger partial charge >= 0.3 is 5.97 Å². The van der Waals surface area contributed by atoms with Gasteiger partial charge in [0.15, 0.2) is 6.61 Å². The number of esters is 1. The van der Waals surface area contributed by atoms with E-state index in [-0.39, 0.29) is 17.4 Å². The molecule has 1 aliphatic heterocycles. The van der Waals surface area contributed by atoms with Crippen molar-refractivity contribution >= 4 is 28.9 Å². The zero-order chi connectivity index (χ0) is 19.5. The molecule has 28 heavy (non-hydrogen) atoms. The van der Waals surface area contributed by atoms with Crippen molar-refractivity contribution in [3.8, 4) is 5.75 Å². The van der Waals surface area contributed by atoms with Crippen LogP contribution in [0.2, 0.25) is 0 Å². The minimum atomic E-state index is -0.649. The summed E-state index contributed by atoms with van der Waals surface area (Å²) in [5.74, 6) is -0.431. The third kappa shape index (κ3) is 3.67. The van der Waals surface area contributed by atoms with Crippen LogP contribution in [-0.4, -0.2) is 34.3 Å². The van der Waals surface area contributed by atoms with Crippen molar-refractivity contribution in [3.05, 3.63) is 76.4 Å². The van der Waals surface area contributed by atoms with Crippen LogP contribution >= 0.6 is 11.3 Å². The highest BCUT2D eigenvalue weighted by Gasteiger charge is 2.35. The average Bonchev–Trinajstić information content (AvgIpc) is 3.46. The van der Waals surface area contributed by atoms with Gasteiger partial charge in [-0.15, -0.1) is 11.3 Å². The van der Waals surface area contributed by atoms with E-state index in [0.29, 0.717) is 12.2 Å². The van der Waals surface area contributed by atoms with Crippen LogP contribution in [0, 0.1) is 0 Å². The number of hydrogen-bond donors (Lipinski definition) is 1. The summed E-state index contributed by atoms with van der Waals surface area (Å²) in [5.41, 5.74) is 1.03. The fourth-order valence-corrected chi connectivity index (χ4v) is 3.63. The second kappa shape index (κ2) is 7.69. The standard InChI is InChI=1S/C20H16N2O5S/c23-14-7-5-13(6-8-14)20(25)27-12-19(24)22-16(17-3-1-9-26-17)11-15(21-22)18-4-2-10-28-18/h1-10,16,23H,11-12H2. The number of ether oxygens (including phenoxy) is 1. The van der Waals surface area contributed by atoms with Crippen molar-refractivity contribution in [3.63, 3.8) is 0 Å². The third-order valence-electron chi connectivity index (χ3n) is 4.27. The molecular weight excluding hydrogens is 380 g/mol. The van der Waals surface area contributed by atoms with Crippen LogP contribution < -0.4 is 0 Å². The molecule has 7 nitrogen and oxygen atoms in total. The first-order chi connectivity index (χ1) is 13.6. The van der Waals surface area contributed by atoms with Crippen molar-refractivity contribution in [2.45, 2.75) is 12.5 Å². The topological polar surface area (TPSA) is 92.3 Å². The lowest BCUT2D eigenvalue weighted by Crippen LogP contribution is -2.31. The van der Waals surface area contributed by atoms with E-state index in [1.165, 1.54) is 29.3 Å². The number of aromatic hydroxyl groups is 1. The first-order valence-electron chi connectivity index (χ1n) is 8.55. The van der Waals surface area contributed by atoms with Gasteiger partial charge in [-0.25, -0.2) is 9.80 Å². The molecule has 0 saturated carbocycles. The summed E-state index contributed by atoms with van der Waals surface area (Å²) in [4.78, 5) is 25.8. The Bertz CT molecular complexity index is 994. The molecule has 3 heterocycles. The zero-order valence-electron chi connectivity index (χ0n) is 14.6. The molecule has 2 aromatic heterocycles. The molecule has 1 aliphatic rings. The lowest BCUT2D eigenvalue weighted by atomic mass is 10.1. The number of phenolic OH excluding ortho intramolecular Hbond substituents is 1. The highest BCUT2D eigenvalue weighted by molar-refractivity contribution is 7.12. The van der Waals surface area contributed by atoms with Crippen LogP contribution in [-0.2, 0) is 9.53 Å². The zero-order valence-corrected chi connectivity index (χ0v) is 15.5. The maximum absolute atomic E-state index is 12.7. The predicted molar refractivity (Wildman–Crippen MR) is 102 cm³/mol. The van der Waals surface area contributed by atoms with Crippen molar-refractivity contribution in [1.82, 2.24) is 5.01 Å². The Kier molecular flexibility index (Phi) is 4.94. The van der Waals surface area contributed by atoms with E-state index in [0.717, 1.165) is 10.6 Å². The molecule has 0 aliphatic carbocycles. The number of carbonyl (C=O) groups is 2. The minimum Gasteiger partial charge on any atom is -0.508 e. The van der Waals surface area contributed by atoms with E-state index in [9.17, 15) is 14.7 Å². The summed E-state index contributed by atoms with van der Waals surface area (Å²) >= 11 is 1.54. The fourth-order valence-electron chi connectivity index (χ4n) is 2.91. The molecule has 8 heteroatoms. The molecule has 1 atom stereocenters. The van der Waals surface area contributed by atoms with Gasteiger partial charge < -0.3 is 14.3 Å². The summed E-state index contributed by atoms with van der Waals surface area (Å²) in [6, 6.07) is 12.6. The van der Waals surface area contributed by atoms with Gasteiger partial charge in [-0.3, -0.25) is 4.79 Å². The number of rotatable bonds is 5. The minimum absolute atomic E-state index is 0.0430. The molecule has 1 N–H and O–H groups in total. The van der Waals surface area contributed by atoms with Gasteiger partial charge in [-0.1, -0.05) is 6.07 Å². The van der Waals surface area contributed by atoms with Crippen LogP contribution in [0.3, 0.4) is 0 Å². The van der Waals surface area contributed by atoms with E-state index in [2.05, 4.69) is 5.10 Å². The summed E-state index contributed by atoms with van der Waals surface area (Å²) in [6.07, 6.45) is 2.07. The SMILES string of the molecule is O=C(OCC(=O)N1N=C(c2cccs2)CC1c1ccco1)c1ccc(O)cc1. The quantitative estimate of drug-likeness (QED) is 0.666. The number of thiophene rings is 1. The summed E-state index contributed by atoms with van der Waals surface area (Å²) in [7, 11) is 0. The van der Waals surface area contributed by atoms with Gasteiger partial charge in [0.1, 0.15) is 17.6 Å². The molecule has 1 amide bonds. The van der Waals surface area contributed by atoms with Crippen LogP contribution in [0.15, 0.2) is 69.7 Å². The second-order valence-corrected chi connectivity index (χ2v) is 7.07. The molecular formula is C20H16N2O5S. The van der Waals surface area contributed by atoms with E-state index in [1.54, 1.807) is 29.7 Å². The smallest absolute Gasteiger partial charge is 0.338 e. The molecule has 0 spiro atoms. The summed E-state index contributed by atoms with van der Waals surface area (Å²) in [6.45, 7) is -0.446. The molecule has 0 radical (unpaired) electrons. The Morgan fingerprint density at radius 1 is 1.21 bits per heavy atom. The molecule has 3 aromatic rings. The fraction of sp³-hybridized carbons (Fsp3) is 0.150. The molecule has 142 valence electrons. The number of benzene rings is 1. The predicted octanol–water partition coefficient (Wildman–Crippen LogP) is 3.58. The van der Waals surface area contributed by atoms with Crippen LogP contribution in [0.4, 0.5) is 0 Å². The molecule has 0 saturated heterocycles. The van der Waals surface area contributed by atoms with Crippen molar-refractivity contribution in [1.29, 1.82) is 0 Å². The average molecular weight is 396 g/mol. The highest BCUT2D eigenvalue weighted by atomic mass is 32.1. The first-order valence-corrected chi connectivity index (χ1v) is 9.43. The van der Waals surface area contributed by atoms with Gasteiger partial charge in [0.25, 0.3) is 5.91 Å². The highest BCUT2D eigenvalue weighted by Crippen LogP contribution is 2.34. The lowest BCUT2D eigenvalue weighted by Gasteiger charge is -2.19. The summed E-state index contributed by atoms with van der Waals surface area (Å²) in [5, 5.41) is 17.0. The van der Waals surface area contributed by atoms with Gasteiger partial charge in [0.2, 0.25) is 0 Å². The second-order valence-electron chi connectivity index (χ2n) is 6.12. The Labute approximate surface area is 164 Å². The monoisotopic (exact) mass is 396 g/mol. The van der Waals surface area contributed by atoms with Crippen molar-refractivity contribution in [2.75, 3.05) is 6.61 Å². The number of nitrogens with zero attached hydrogens (tertiary/aromatic N) is 2. The Morgan fingerprint density at radius 3 is 2.71 bits per heavy atom. The number of carbonyl (C=O) groups excluding carboxylic acids is 2. The molecule has 0 bridgehead atoms. The Hall–Kier alpha value is -3.39. The third-order valence-corrected chi connectivity index (χ3v) is 5.19. The molecule has 4 rings (SSSR count). The van der Waals surface area contributed by atoms with Gasteiger partial charge in [-0.2, -0.15) is 5.10 Å². The van der Waals surface area contributed by atoms with Gasteiger partial charge in [-0.05, 0) is 47.8 Å². The Balaban J connectivity index is 1.48. The van der Waals surface area contributed by atoms with Gasteiger partial charge in [0, 0.05) is 6.42 Å². The van der Waals surface area contributed by atoms with E-state index in [4.69, 9.17) is 9.15 Å².